The summed E-state index contributed by atoms with van der Waals surface area (Å²) in [6.07, 6.45) is -1.64. The molecule has 6 heteroatoms. The van der Waals surface area contributed by atoms with Crippen LogP contribution in [0.2, 0.25) is 0 Å². The van der Waals surface area contributed by atoms with Crippen LogP contribution in [-0.2, 0) is 4.74 Å². The van der Waals surface area contributed by atoms with Gasteiger partial charge in [0, 0.05) is 11.8 Å². The molecule has 15 heavy (non-hydrogen) atoms. The molecule has 0 aliphatic heterocycles. The summed E-state index contributed by atoms with van der Waals surface area (Å²) in [7, 11) is 0. The van der Waals surface area contributed by atoms with Crippen LogP contribution in [0.3, 0.4) is 0 Å². The molecule has 0 spiro atoms. The molecule has 3 nitrogen and oxygen atoms in total. The molecule has 0 amide bonds. The number of halogens is 3. The third-order valence-corrected chi connectivity index (χ3v) is 2.24. The molecule has 0 saturated heterocycles. The van der Waals surface area contributed by atoms with Crippen LogP contribution in [-0.4, -0.2) is 17.6 Å². The lowest BCUT2D eigenvalue weighted by Gasteiger charge is -2.05. The molecule has 1 heterocycles. The summed E-state index contributed by atoms with van der Waals surface area (Å²) in [6, 6.07) is 1.07. The van der Waals surface area contributed by atoms with Gasteiger partial charge in [-0.15, -0.1) is 0 Å². The van der Waals surface area contributed by atoms with Crippen LogP contribution in [0.5, 0.6) is 0 Å². The maximum atomic E-state index is 12.3. The highest BCUT2D eigenvalue weighted by Crippen LogP contribution is 2.23. The van der Waals surface area contributed by atoms with Crippen LogP contribution >= 0.6 is 15.9 Å². The number of carbonyl (C=O) groups excluding carboxylic acids is 1. The molecule has 0 aliphatic rings. The molecular weight excluding hydrogens is 272 g/mol. The molecule has 0 fully saturated rings. The second-order valence-electron chi connectivity index (χ2n) is 2.63. The van der Waals surface area contributed by atoms with Crippen molar-refractivity contribution in [2.75, 3.05) is 6.61 Å². The second kappa shape index (κ2) is 5.16. The van der Waals surface area contributed by atoms with Crippen molar-refractivity contribution >= 4 is 21.9 Å². The summed E-state index contributed by atoms with van der Waals surface area (Å²) in [6.45, 7) is 1.82. The maximum absolute atomic E-state index is 12.3. The molecule has 1 aromatic heterocycles. The summed E-state index contributed by atoms with van der Waals surface area (Å²) >= 11 is 2.99. The van der Waals surface area contributed by atoms with Crippen LogP contribution in [0.25, 0.3) is 0 Å². The first-order chi connectivity index (χ1) is 7.06. The number of ether oxygens (including phenoxy) is 1. The van der Waals surface area contributed by atoms with E-state index in [2.05, 4.69) is 25.7 Å². The summed E-state index contributed by atoms with van der Waals surface area (Å²) in [4.78, 5) is 14.9. The average Bonchev–Trinajstić information content (AvgIpc) is 2.18. The van der Waals surface area contributed by atoms with Crippen molar-refractivity contribution in [2.24, 2.45) is 0 Å². The standard InChI is InChI=1S/C9H8BrF2NO2/c1-2-15-9(14)6-3-5(8(11)12)4-13-7(6)10/h3-4,8H,2H2,1H3. The zero-order chi connectivity index (χ0) is 11.4. The monoisotopic (exact) mass is 279 g/mol. The lowest BCUT2D eigenvalue weighted by Crippen LogP contribution is -2.07. The number of aromatic nitrogens is 1. The Morgan fingerprint density at radius 2 is 2.33 bits per heavy atom. The van der Waals surface area contributed by atoms with Crippen molar-refractivity contribution in [1.82, 2.24) is 4.98 Å². The average molecular weight is 280 g/mol. The second-order valence-corrected chi connectivity index (χ2v) is 3.38. The molecule has 0 unspecified atom stereocenters. The largest absolute Gasteiger partial charge is 0.462 e. The van der Waals surface area contributed by atoms with Crippen molar-refractivity contribution < 1.29 is 18.3 Å². The summed E-state index contributed by atoms with van der Waals surface area (Å²) in [5.41, 5.74) is -0.295. The van der Waals surface area contributed by atoms with Gasteiger partial charge in [-0.1, -0.05) is 0 Å². The Morgan fingerprint density at radius 3 is 2.87 bits per heavy atom. The number of hydrogen-bond donors (Lipinski definition) is 0. The Balaban J connectivity index is 3.05. The quantitative estimate of drug-likeness (QED) is 0.631. The predicted octanol–water partition coefficient (Wildman–Crippen LogP) is 2.96. The van der Waals surface area contributed by atoms with E-state index in [0.29, 0.717) is 0 Å². The molecule has 0 radical (unpaired) electrons. The Morgan fingerprint density at radius 1 is 1.67 bits per heavy atom. The molecule has 0 saturated carbocycles. The van der Waals surface area contributed by atoms with Gasteiger partial charge in [0.2, 0.25) is 0 Å². The molecular formula is C9H8BrF2NO2. The van der Waals surface area contributed by atoms with Gasteiger partial charge in [-0.25, -0.2) is 18.6 Å². The number of rotatable bonds is 3. The number of nitrogens with zero attached hydrogens (tertiary/aromatic N) is 1. The van der Waals surface area contributed by atoms with E-state index >= 15 is 0 Å². The number of carbonyl (C=O) groups is 1. The first kappa shape index (κ1) is 12.0. The third kappa shape index (κ3) is 2.95. The van der Waals surface area contributed by atoms with E-state index in [1.807, 2.05) is 0 Å². The molecule has 0 aliphatic carbocycles. The van der Waals surface area contributed by atoms with Gasteiger partial charge in [-0.2, -0.15) is 0 Å². The van der Waals surface area contributed by atoms with Crippen molar-refractivity contribution in [3.8, 4) is 0 Å². The summed E-state index contributed by atoms with van der Waals surface area (Å²) in [5.74, 6) is -0.667. The Hall–Kier alpha value is -1.04. The molecule has 1 rings (SSSR count). The van der Waals surface area contributed by atoms with Crippen molar-refractivity contribution in [2.45, 2.75) is 13.3 Å². The highest BCUT2D eigenvalue weighted by Gasteiger charge is 2.16. The SMILES string of the molecule is CCOC(=O)c1cc(C(F)F)cnc1Br. The fraction of sp³-hybridized carbons (Fsp3) is 0.333. The van der Waals surface area contributed by atoms with Gasteiger partial charge in [0.05, 0.1) is 12.2 Å². The molecule has 0 bridgehead atoms. The van der Waals surface area contributed by atoms with Gasteiger partial charge in [0.15, 0.2) is 0 Å². The fourth-order valence-electron chi connectivity index (χ4n) is 0.936. The highest BCUT2D eigenvalue weighted by atomic mass is 79.9. The minimum absolute atomic E-state index is 0.00894. The number of alkyl halides is 2. The minimum Gasteiger partial charge on any atom is -0.462 e. The summed E-state index contributed by atoms with van der Waals surface area (Å²) in [5, 5.41) is 0. The van der Waals surface area contributed by atoms with Crippen LogP contribution in [0.1, 0.15) is 29.3 Å². The van der Waals surface area contributed by atoms with Gasteiger partial charge in [0.1, 0.15) is 4.60 Å². The van der Waals surface area contributed by atoms with Gasteiger partial charge in [-0.3, -0.25) is 0 Å². The van der Waals surface area contributed by atoms with Gasteiger partial charge < -0.3 is 4.74 Å². The lowest BCUT2D eigenvalue weighted by atomic mass is 10.2. The topological polar surface area (TPSA) is 39.2 Å². The molecule has 0 aromatic carbocycles. The van der Waals surface area contributed by atoms with Crippen LogP contribution < -0.4 is 0 Å². The van der Waals surface area contributed by atoms with Gasteiger partial charge >= 0.3 is 5.97 Å². The van der Waals surface area contributed by atoms with E-state index in [1.165, 1.54) is 0 Å². The van der Waals surface area contributed by atoms with Crippen molar-refractivity contribution in [1.29, 1.82) is 0 Å². The van der Waals surface area contributed by atoms with E-state index < -0.39 is 12.4 Å². The van der Waals surface area contributed by atoms with Crippen LogP contribution in [0.4, 0.5) is 8.78 Å². The van der Waals surface area contributed by atoms with Crippen molar-refractivity contribution in [3.63, 3.8) is 0 Å². The van der Waals surface area contributed by atoms with Crippen LogP contribution in [0.15, 0.2) is 16.9 Å². The van der Waals surface area contributed by atoms with E-state index in [-0.39, 0.29) is 22.3 Å². The highest BCUT2D eigenvalue weighted by molar-refractivity contribution is 9.10. The van der Waals surface area contributed by atoms with Gasteiger partial charge in [0.25, 0.3) is 6.43 Å². The fourth-order valence-corrected chi connectivity index (χ4v) is 1.31. The zero-order valence-corrected chi connectivity index (χ0v) is 9.42. The third-order valence-electron chi connectivity index (χ3n) is 1.61. The number of hydrogen-bond acceptors (Lipinski definition) is 3. The van der Waals surface area contributed by atoms with Crippen molar-refractivity contribution in [3.05, 3.63) is 28.0 Å². The Labute approximate surface area is 93.6 Å². The molecule has 82 valence electrons. The van der Waals surface area contributed by atoms with E-state index in [0.717, 1.165) is 12.3 Å². The summed E-state index contributed by atoms with van der Waals surface area (Å²) < 4.78 is 29.5. The van der Waals surface area contributed by atoms with Gasteiger partial charge in [-0.05, 0) is 28.9 Å². The normalized spacial score (nSPS) is 10.5. The van der Waals surface area contributed by atoms with E-state index in [4.69, 9.17) is 0 Å². The van der Waals surface area contributed by atoms with E-state index in [1.54, 1.807) is 6.92 Å². The molecule has 0 N–H and O–H groups in total. The minimum atomic E-state index is -2.65. The molecule has 1 aromatic rings. The van der Waals surface area contributed by atoms with E-state index in [9.17, 15) is 13.6 Å². The lowest BCUT2D eigenvalue weighted by molar-refractivity contribution is 0.0524. The Bertz CT molecular complexity index is 371. The number of pyridine rings is 1. The Kier molecular flexibility index (Phi) is 4.14. The molecule has 0 atom stereocenters. The maximum Gasteiger partial charge on any atom is 0.340 e. The first-order valence-corrected chi connectivity index (χ1v) is 4.96. The van der Waals surface area contributed by atoms with Crippen LogP contribution in [0, 0.1) is 0 Å². The first-order valence-electron chi connectivity index (χ1n) is 4.17. The zero-order valence-electron chi connectivity index (χ0n) is 7.84. The predicted molar refractivity (Wildman–Crippen MR) is 52.9 cm³/mol. The number of esters is 1. The smallest absolute Gasteiger partial charge is 0.340 e.